The van der Waals surface area contributed by atoms with Gasteiger partial charge in [-0.2, -0.15) is 0 Å². The van der Waals surface area contributed by atoms with Crippen LogP contribution in [0.25, 0.3) is 32.7 Å². The standard InChI is InChI=1S/C27H22F6O/c1-2-3-4-5-6-16-7-10-20-19-11-8-17(13-21(19)23(28)15-22(20)26(16)30)18-9-12-25(24(29)14-18)34-27(31,32)33/h7-15H,2-6H2,1H3. The maximum absolute atomic E-state index is 15.1. The summed E-state index contributed by atoms with van der Waals surface area (Å²) in [5.74, 6) is -3.21. The first-order valence-corrected chi connectivity index (χ1v) is 11.1. The average molecular weight is 476 g/mol. The molecule has 1 nitrogen and oxygen atoms in total. The third-order valence-electron chi connectivity index (χ3n) is 5.89. The molecule has 4 aromatic rings. The van der Waals surface area contributed by atoms with E-state index in [9.17, 15) is 17.6 Å². The second-order valence-electron chi connectivity index (χ2n) is 8.26. The smallest absolute Gasteiger partial charge is 0.403 e. The third-order valence-corrected chi connectivity index (χ3v) is 5.89. The summed E-state index contributed by atoms with van der Waals surface area (Å²) >= 11 is 0. The first-order chi connectivity index (χ1) is 16.2. The third kappa shape index (κ3) is 4.98. The lowest BCUT2D eigenvalue weighted by Gasteiger charge is -2.13. The molecule has 0 fully saturated rings. The average Bonchev–Trinajstić information content (AvgIpc) is 2.79. The predicted molar refractivity (Wildman–Crippen MR) is 121 cm³/mol. The van der Waals surface area contributed by atoms with Gasteiger partial charge in [-0.25, -0.2) is 13.2 Å². The molecule has 34 heavy (non-hydrogen) atoms. The van der Waals surface area contributed by atoms with Crippen molar-refractivity contribution in [2.24, 2.45) is 0 Å². The lowest BCUT2D eigenvalue weighted by molar-refractivity contribution is -0.275. The Balaban J connectivity index is 1.71. The molecule has 0 aliphatic rings. The minimum atomic E-state index is -5.01. The van der Waals surface area contributed by atoms with Crippen molar-refractivity contribution in [2.75, 3.05) is 0 Å². The lowest BCUT2D eigenvalue weighted by atomic mass is 9.94. The Kier molecular flexibility index (Phi) is 6.73. The molecule has 0 amide bonds. The molecular weight excluding hydrogens is 454 g/mol. The van der Waals surface area contributed by atoms with Crippen LogP contribution in [0, 0.1) is 17.5 Å². The second kappa shape index (κ2) is 9.57. The van der Waals surface area contributed by atoms with Crippen molar-refractivity contribution in [3.05, 3.63) is 77.6 Å². The van der Waals surface area contributed by atoms with E-state index in [0.29, 0.717) is 28.3 Å². The van der Waals surface area contributed by atoms with Crippen molar-refractivity contribution >= 4 is 21.5 Å². The van der Waals surface area contributed by atoms with Gasteiger partial charge >= 0.3 is 6.36 Å². The molecule has 0 heterocycles. The highest BCUT2D eigenvalue weighted by Crippen LogP contribution is 2.35. The van der Waals surface area contributed by atoms with Gasteiger partial charge in [-0.3, -0.25) is 0 Å². The number of rotatable bonds is 7. The minimum Gasteiger partial charge on any atom is -0.403 e. The number of alkyl halides is 3. The van der Waals surface area contributed by atoms with Crippen molar-refractivity contribution in [3.63, 3.8) is 0 Å². The first kappa shape index (κ1) is 23.9. The Bertz CT molecular complexity index is 1340. The summed E-state index contributed by atoms with van der Waals surface area (Å²) in [5.41, 5.74) is 1.20. The number of aryl methyl sites for hydroxylation is 1. The number of benzene rings is 4. The van der Waals surface area contributed by atoms with Crippen molar-refractivity contribution < 1.29 is 31.1 Å². The van der Waals surface area contributed by atoms with Crippen LogP contribution in [0.3, 0.4) is 0 Å². The summed E-state index contributed by atoms with van der Waals surface area (Å²) in [4.78, 5) is 0. The van der Waals surface area contributed by atoms with Crippen LogP contribution in [0.1, 0.15) is 38.2 Å². The molecule has 0 spiro atoms. The maximum Gasteiger partial charge on any atom is 0.573 e. The van der Waals surface area contributed by atoms with Gasteiger partial charge in [0.05, 0.1) is 0 Å². The van der Waals surface area contributed by atoms with E-state index in [-0.39, 0.29) is 16.3 Å². The Morgan fingerprint density at radius 2 is 1.35 bits per heavy atom. The van der Waals surface area contributed by atoms with E-state index in [0.717, 1.165) is 43.9 Å². The number of hydrogen-bond donors (Lipinski definition) is 0. The number of unbranched alkanes of at least 4 members (excludes halogenated alkanes) is 3. The van der Waals surface area contributed by atoms with Crippen LogP contribution in [-0.2, 0) is 6.42 Å². The highest BCUT2D eigenvalue weighted by atomic mass is 19.4. The highest BCUT2D eigenvalue weighted by Gasteiger charge is 2.32. The fraction of sp³-hybridized carbons (Fsp3) is 0.259. The molecule has 4 rings (SSSR count). The van der Waals surface area contributed by atoms with E-state index in [2.05, 4.69) is 11.7 Å². The van der Waals surface area contributed by atoms with Crippen LogP contribution in [0.5, 0.6) is 5.75 Å². The predicted octanol–water partition coefficient (Wildman–Crippen LogP) is 9.10. The van der Waals surface area contributed by atoms with Crippen molar-refractivity contribution in [2.45, 2.75) is 45.4 Å². The zero-order valence-electron chi connectivity index (χ0n) is 18.4. The van der Waals surface area contributed by atoms with Crippen LogP contribution in [0.4, 0.5) is 26.3 Å². The van der Waals surface area contributed by atoms with Crippen molar-refractivity contribution in [3.8, 4) is 16.9 Å². The van der Waals surface area contributed by atoms with Gasteiger partial charge in [0.25, 0.3) is 0 Å². The van der Waals surface area contributed by atoms with Gasteiger partial charge in [-0.15, -0.1) is 13.2 Å². The summed E-state index contributed by atoms with van der Waals surface area (Å²) in [6.07, 6.45) is -0.401. The Labute approximate surface area is 193 Å². The van der Waals surface area contributed by atoms with E-state index >= 15 is 8.78 Å². The van der Waals surface area contributed by atoms with E-state index in [4.69, 9.17) is 0 Å². The quantitative estimate of drug-likeness (QED) is 0.147. The van der Waals surface area contributed by atoms with Crippen LogP contribution < -0.4 is 4.74 Å². The van der Waals surface area contributed by atoms with Crippen molar-refractivity contribution in [1.82, 2.24) is 0 Å². The Morgan fingerprint density at radius 1 is 0.676 bits per heavy atom. The molecule has 0 bridgehead atoms. The monoisotopic (exact) mass is 476 g/mol. The topological polar surface area (TPSA) is 9.23 Å². The van der Waals surface area contributed by atoms with Crippen LogP contribution in [0.2, 0.25) is 0 Å². The van der Waals surface area contributed by atoms with Gasteiger partial charge in [-0.05, 0) is 64.6 Å². The lowest BCUT2D eigenvalue weighted by Crippen LogP contribution is -2.17. The molecule has 0 saturated heterocycles. The molecule has 0 atom stereocenters. The summed E-state index contributed by atoms with van der Waals surface area (Å²) in [6.45, 7) is 2.10. The first-order valence-electron chi connectivity index (χ1n) is 11.1. The second-order valence-corrected chi connectivity index (χ2v) is 8.26. The SMILES string of the molecule is CCCCCCc1ccc2c(cc(F)c3cc(-c4ccc(OC(F)(F)F)c(F)c4)ccc32)c1F. The molecule has 7 heteroatoms. The summed E-state index contributed by atoms with van der Waals surface area (Å²) in [7, 11) is 0. The van der Waals surface area contributed by atoms with Gasteiger partial charge in [0, 0.05) is 10.8 Å². The van der Waals surface area contributed by atoms with E-state index < -0.39 is 29.6 Å². The zero-order valence-corrected chi connectivity index (χ0v) is 18.4. The Hall–Kier alpha value is -3.22. The summed E-state index contributed by atoms with van der Waals surface area (Å²) < 4.78 is 85.1. The van der Waals surface area contributed by atoms with Gasteiger partial charge < -0.3 is 4.74 Å². The molecular formula is C27H22F6O. The fourth-order valence-corrected chi connectivity index (χ4v) is 4.20. The normalized spacial score (nSPS) is 12.0. The van der Waals surface area contributed by atoms with Crippen LogP contribution in [-0.4, -0.2) is 6.36 Å². The largest absolute Gasteiger partial charge is 0.573 e. The number of halogens is 6. The molecule has 0 radical (unpaired) electrons. The summed E-state index contributed by atoms with van der Waals surface area (Å²) in [6, 6.07) is 12.4. The fourth-order valence-electron chi connectivity index (χ4n) is 4.20. The molecule has 0 aliphatic carbocycles. The number of hydrogen-bond acceptors (Lipinski definition) is 1. The maximum atomic E-state index is 15.1. The minimum absolute atomic E-state index is 0.199. The van der Waals surface area contributed by atoms with Gasteiger partial charge in [0.1, 0.15) is 11.6 Å². The summed E-state index contributed by atoms with van der Waals surface area (Å²) in [5, 5.41) is 1.45. The van der Waals surface area contributed by atoms with Gasteiger partial charge in [0.2, 0.25) is 0 Å². The number of ether oxygens (including phenoxy) is 1. The van der Waals surface area contributed by atoms with Crippen LogP contribution in [0.15, 0.2) is 54.6 Å². The molecule has 0 saturated carbocycles. The molecule has 0 N–H and O–H groups in total. The number of fused-ring (bicyclic) bond motifs is 3. The highest BCUT2D eigenvalue weighted by molar-refractivity contribution is 6.09. The van der Waals surface area contributed by atoms with Crippen molar-refractivity contribution in [1.29, 1.82) is 0 Å². The molecule has 4 aromatic carbocycles. The van der Waals surface area contributed by atoms with Gasteiger partial charge in [-0.1, -0.05) is 56.5 Å². The van der Waals surface area contributed by atoms with Crippen LogP contribution >= 0.6 is 0 Å². The van der Waals surface area contributed by atoms with E-state index in [1.165, 1.54) is 12.1 Å². The van der Waals surface area contributed by atoms with E-state index in [1.54, 1.807) is 24.3 Å². The Morgan fingerprint density at radius 3 is 2.06 bits per heavy atom. The molecule has 0 aromatic heterocycles. The van der Waals surface area contributed by atoms with Gasteiger partial charge in [0.15, 0.2) is 11.6 Å². The molecule has 0 unspecified atom stereocenters. The molecule has 0 aliphatic heterocycles. The zero-order chi connectivity index (χ0) is 24.5. The molecule has 178 valence electrons. The van der Waals surface area contributed by atoms with E-state index in [1.807, 2.05) is 0 Å².